The van der Waals surface area contributed by atoms with E-state index in [2.05, 4.69) is 5.32 Å². The lowest BCUT2D eigenvalue weighted by atomic mass is 9.78. The van der Waals surface area contributed by atoms with Crippen LogP contribution in [0.1, 0.15) is 19.8 Å². The van der Waals surface area contributed by atoms with Crippen LogP contribution in [0.4, 0.5) is 22.8 Å². The second kappa shape index (κ2) is 5.93. The molecule has 0 radical (unpaired) electrons. The average molecular weight is 386 g/mol. The van der Waals surface area contributed by atoms with Gasteiger partial charge in [-0.2, -0.15) is 0 Å². The molecule has 1 saturated carbocycles. The highest BCUT2D eigenvalue weighted by Crippen LogP contribution is 2.40. The lowest BCUT2D eigenvalue weighted by Crippen LogP contribution is -2.70. The Morgan fingerprint density at radius 1 is 1.26 bits per heavy atom. The first kappa shape index (κ1) is 17.7. The minimum absolute atomic E-state index is 0.206. The van der Waals surface area contributed by atoms with Crippen LogP contribution in [0.25, 0.3) is 0 Å². The third-order valence-corrected chi connectivity index (χ3v) is 4.99. The first-order valence-electron chi connectivity index (χ1n) is 8.41. The largest absolute Gasteiger partial charge is 0.484 e. The molecule has 7 nitrogen and oxygen atoms in total. The van der Waals surface area contributed by atoms with Crippen LogP contribution in [0.5, 0.6) is 5.75 Å². The van der Waals surface area contributed by atoms with Crippen LogP contribution < -0.4 is 10.1 Å². The molecule has 3 fully saturated rings. The van der Waals surface area contributed by atoms with Crippen molar-refractivity contribution in [3.8, 4) is 5.75 Å². The number of likely N-dealkylation sites (tertiary alicyclic amines) is 1. The van der Waals surface area contributed by atoms with Crippen molar-refractivity contribution in [2.45, 2.75) is 37.0 Å². The van der Waals surface area contributed by atoms with Gasteiger partial charge in [-0.25, -0.2) is 22.8 Å². The Balaban J connectivity index is 1.27. The van der Waals surface area contributed by atoms with Gasteiger partial charge in [0.15, 0.2) is 17.4 Å². The number of cyclic esters (lactones) is 1. The molecule has 2 aliphatic heterocycles. The summed E-state index contributed by atoms with van der Waals surface area (Å²) in [6.07, 6.45) is -1.11. The fourth-order valence-electron chi connectivity index (χ4n) is 3.63. The van der Waals surface area contributed by atoms with Crippen molar-refractivity contribution >= 4 is 12.2 Å². The number of nitrogens with zero attached hydrogens (tertiary/aromatic N) is 1. The number of benzene rings is 1. The van der Waals surface area contributed by atoms with E-state index >= 15 is 0 Å². The van der Waals surface area contributed by atoms with Crippen molar-refractivity contribution in [1.29, 1.82) is 0 Å². The summed E-state index contributed by atoms with van der Waals surface area (Å²) in [6.45, 7) is 2.48. The van der Waals surface area contributed by atoms with Crippen LogP contribution in [0.3, 0.4) is 0 Å². The number of hydrogen-bond acceptors (Lipinski definition) is 5. The number of carbonyl (C=O) groups is 2. The Kier molecular flexibility index (Phi) is 3.90. The normalized spacial score (nSPS) is 28.1. The summed E-state index contributed by atoms with van der Waals surface area (Å²) in [7, 11) is 0. The molecule has 1 aromatic carbocycles. The molecule has 0 bridgehead atoms. The molecule has 1 aromatic rings. The highest BCUT2D eigenvalue weighted by atomic mass is 19.1. The summed E-state index contributed by atoms with van der Waals surface area (Å²) in [4.78, 5) is 24.8. The molecule has 1 spiro atoms. The number of rotatable bonds is 3. The lowest BCUT2D eigenvalue weighted by Gasteiger charge is -2.49. The zero-order valence-electron chi connectivity index (χ0n) is 14.4. The second-order valence-electron chi connectivity index (χ2n) is 7.50. The fourth-order valence-corrected chi connectivity index (χ4v) is 3.63. The second-order valence-corrected chi connectivity index (χ2v) is 7.50. The number of alkyl carbamates (subject to hydrolysis) is 1. The van der Waals surface area contributed by atoms with Gasteiger partial charge in [-0.3, -0.25) is 0 Å². The Hall–Kier alpha value is -2.65. The van der Waals surface area contributed by atoms with Crippen molar-refractivity contribution in [1.82, 2.24) is 10.2 Å². The van der Waals surface area contributed by atoms with Crippen molar-refractivity contribution in [2.75, 3.05) is 19.7 Å². The maximum absolute atomic E-state index is 13.6. The van der Waals surface area contributed by atoms with Crippen LogP contribution in [0.2, 0.25) is 0 Å². The summed E-state index contributed by atoms with van der Waals surface area (Å²) >= 11 is 0. The summed E-state index contributed by atoms with van der Waals surface area (Å²) in [5.41, 5.74) is -1.37. The molecule has 27 heavy (non-hydrogen) atoms. The van der Waals surface area contributed by atoms with Gasteiger partial charge in [0, 0.05) is 25.0 Å². The van der Waals surface area contributed by atoms with Gasteiger partial charge in [0.25, 0.3) is 0 Å². The van der Waals surface area contributed by atoms with E-state index in [1.807, 2.05) is 0 Å². The summed E-state index contributed by atoms with van der Waals surface area (Å²) in [5, 5.41) is 2.66. The molecule has 2 amide bonds. The topological polar surface area (TPSA) is 77.1 Å². The van der Waals surface area contributed by atoms with E-state index in [1.54, 1.807) is 6.92 Å². The number of hydrogen-bond donors (Lipinski definition) is 1. The zero-order valence-corrected chi connectivity index (χ0v) is 14.4. The minimum Gasteiger partial charge on any atom is -0.484 e. The van der Waals surface area contributed by atoms with E-state index in [4.69, 9.17) is 14.2 Å². The maximum Gasteiger partial charge on any atom is 0.410 e. The van der Waals surface area contributed by atoms with Gasteiger partial charge in [-0.1, -0.05) is 0 Å². The van der Waals surface area contributed by atoms with E-state index in [0.29, 0.717) is 25.2 Å². The molecular formula is C17H17F3N2O5. The van der Waals surface area contributed by atoms with Crippen LogP contribution in [-0.4, -0.2) is 54.0 Å². The Morgan fingerprint density at radius 3 is 2.44 bits per heavy atom. The van der Waals surface area contributed by atoms with Gasteiger partial charge >= 0.3 is 12.2 Å². The van der Waals surface area contributed by atoms with Gasteiger partial charge in [-0.15, -0.1) is 0 Å². The quantitative estimate of drug-likeness (QED) is 0.863. The number of carbonyl (C=O) groups excluding carboxylic acids is 2. The zero-order chi connectivity index (χ0) is 19.4. The van der Waals surface area contributed by atoms with E-state index in [9.17, 15) is 22.8 Å². The first-order chi connectivity index (χ1) is 12.7. The van der Waals surface area contributed by atoms with E-state index in [-0.39, 0.29) is 19.4 Å². The highest BCUT2D eigenvalue weighted by Gasteiger charge is 2.53. The van der Waals surface area contributed by atoms with Gasteiger partial charge in [-0.05, 0) is 6.92 Å². The number of nitrogens with one attached hydrogen (secondary N) is 1. The van der Waals surface area contributed by atoms with Crippen molar-refractivity contribution in [3.05, 3.63) is 29.6 Å². The summed E-state index contributed by atoms with van der Waals surface area (Å²) in [6, 6.07) is 1.09. The minimum atomic E-state index is -1.12. The standard InChI is InChI=1S/C17H17F3N2O5/c1-16(27-15(24)22-6-17(7-22)8-25-14(23)21-17)4-10(5-16)26-13-11(19)2-9(18)3-12(13)20/h2-3,10H,4-8H2,1H3,(H,21,23). The van der Waals surface area contributed by atoms with Gasteiger partial charge in [0.05, 0.1) is 13.1 Å². The lowest BCUT2D eigenvalue weighted by molar-refractivity contribution is -0.113. The van der Waals surface area contributed by atoms with Crippen LogP contribution in [0.15, 0.2) is 12.1 Å². The first-order valence-corrected chi connectivity index (χ1v) is 8.41. The molecule has 0 unspecified atom stereocenters. The molecule has 1 N–H and O–H groups in total. The predicted molar refractivity (Wildman–Crippen MR) is 83.6 cm³/mol. The van der Waals surface area contributed by atoms with Gasteiger partial charge in [0.2, 0.25) is 0 Å². The molecule has 2 saturated heterocycles. The molecule has 10 heteroatoms. The number of amides is 2. The molecule has 0 atom stereocenters. The molecule has 146 valence electrons. The van der Waals surface area contributed by atoms with E-state index in [1.165, 1.54) is 4.90 Å². The van der Waals surface area contributed by atoms with Gasteiger partial charge in [0.1, 0.15) is 29.7 Å². The SMILES string of the molecule is CC1(OC(=O)N2CC3(COC(=O)N3)C2)CC(Oc2c(F)cc(F)cc2F)C1. The molecule has 3 aliphatic rings. The van der Waals surface area contributed by atoms with Gasteiger partial charge < -0.3 is 24.4 Å². The van der Waals surface area contributed by atoms with E-state index in [0.717, 1.165) is 0 Å². The van der Waals surface area contributed by atoms with Crippen LogP contribution in [0, 0.1) is 17.5 Å². The Labute approximate surface area is 152 Å². The van der Waals surface area contributed by atoms with Crippen molar-refractivity contribution in [3.63, 3.8) is 0 Å². The van der Waals surface area contributed by atoms with Crippen molar-refractivity contribution < 1.29 is 37.0 Å². The smallest absolute Gasteiger partial charge is 0.410 e. The molecular weight excluding hydrogens is 369 g/mol. The van der Waals surface area contributed by atoms with Crippen LogP contribution >= 0.6 is 0 Å². The molecule has 4 rings (SSSR count). The Bertz CT molecular complexity index is 783. The molecule has 0 aromatic heterocycles. The third kappa shape index (κ3) is 3.24. The number of ether oxygens (including phenoxy) is 3. The molecule has 2 heterocycles. The third-order valence-electron chi connectivity index (χ3n) is 4.99. The summed E-state index contributed by atoms with van der Waals surface area (Å²) < 4.78 is 55.7. The number of halogens is 3. The maximum atomic E-state index is 13.6. The monoisotopic (exact) mass is 386 g/mol. The highest BCUT2D eigenvalue weighted by molar-refractivity contribution is 5.74. The predicted octanol–water partition coefficient (Wildman–Crippen LogP) is 2.33. The Morgan fingerprint density at radius 2 is 1.89 bits per heavy atom. The van der Waals surface area contributed by atoms with Crippen molar-refractivity contribution in [2.24, 2.45) is 0 Å². The van der Waals surface area contributed by atoms with Crippen LogP contribution in [-0.2, 0) is 9.47 Å². The fraction of sp³-hybridized carbons (Fsp3) is 0.529. The summed E-state index contributed by atoms with van der Waals surface area (Å²) in [5.74, 6) is -3.91. The van der Waals surface area contributed by atoms with E-state index < -0.39 is 52.6 Å². The average Bonchev–Trinajstić information content (AvgIpc) is 2.89. The molecule has 1 aliphatic carbocycles.